The van der Waals surface area contributed by atoms with Gasteiger partial charge in [-0.15, -0.1) is 0 Å². The van der Waals surface area contributed by atoms with Gasteiger partial charge in [-0.1, -0.05) is 42.5 Å². The molecule has 0 N–H and O–H groups in total. The molecular formula is C30H12B2F4O4. The molecule has 0 bridgehead atoms. The average Bonchev–Trinajstić information content (AvgIpc) is 2.96. The Kier molecular flexibility index (Phi) is 4.08. The molecule has 40 heavy (non-hydrogen) atoms. The summed E-state index contributed by atoms with van der Waals surface area (Å²) >= 11 is 0. The average molecular weight is 534 g/mol. The zero-order valence-corrected chi connectivity index (χ0v) is 20.2. The second-order valence-corrected chi connectivity index (χ2v) is 10.1. The molecule has 0 aliphatic carbocycles. The van der Waals surface area contributed by atoms with Gasteiger partial charge in [0.05, 0.1) is 0 Å². The second kappa shape index (κ2) is 7.41. The van der Waals surface area contributed by atoms with E-state index in [1.165, 1.54) is 6.07 Å². The smallest absolute Gasteiger partial charge is 0.260 e. The van der Waals surface area contributed by atoms with Gasteiger partial charge in [0.1, 0.15) is 34.5 Å². The molecule has 0 radical (unpaired) electrons. The predicted molar refractivity (Wildman–Crippen MR) is 142 cm³/mol. The molecule has 4 aliphatic heterocycles. The third-order valence-corrected chi connectivity index (χ3v) is 8.02. The van der Waals surface area contributed by atoms with Gasteiger partial charge in [0, 0.05) is 29.1 Å². The van der Waals surface area contributed by atoms with Gasteiger partial charge in [0.25, 0.3) is 13.4 Å². The van der Waals surface area contributed by atoms with Crippen molar-refractivity contribution >= 4 is 46.2 Å². The maximum Gasteiger partial charge on any atom is 0.260 e. The van der Waals surface area contributed by atoms with Crippen molar-refractivity contribution in [2.45, 2.75) is 0 Å². The van der Waals surface area contributed by atoms with Crippen LogP contribution in [0.3, 0.4) is 0 Å². The van der Waals surface area contributed by atoms with Crippen molar-refractivity contribution in [3.05, 3.63) is 96.1 Å². The summed E-state index contributed by atoms with van der Waals surface area (Å²) in [6.45, 7) is -1.08. The van der Waals surface area contributed by atoms with Crippen LogP contribution in [0.1, 0.15) is 0 Å². The molecule has 0 saturated carbocycles. The summed E-state index contributed by atoms with van der Waals surface area (Å²) in [4.78, 5) is 0. The standard InChI is InChI=1S/C30H12B2F4O4/c33-17-10-23-25-29(27(17)35)39-21-12-22-16(9-15(21)31(25)13-5-1-3-7-19(13)37-23)32-14-6-2-4-8-20(14)38-24-11-18(34)28(36)30(40-22)26(24)32/h1-12H. The topological polar surface area (TPSA) is 36.9 Å². The van der Waals surface area contributed by atoms with Crippen molar-refractivity contribution in [2.75, 3.05) is 0 Å². The molecule has 0 unspecified atom stereocenters. The Balaban J connectivity index is 1.34. The fourth-order valence-corrected chi connectivity index (χ4v) is 6.37. The molecule has 5 aromatic rings. The highest BCUT2D eigenvalue weighted by atomic mass is 19.2. The Bertz CT molecular complexity index is 1860. The van der Waals surface area contributed by atoms with Crippen LogP contribution in [0.2, 0.25) is 0 Å². The van der Waals surface area contributed by atoms with Crippen LogP contribution in [-0.2, 0) is 0 Å². The minimum absolute atomic E-state index is 0.166. The number of para-hydroxylation sites is 2. The Morgan fingerprint density at radius 3 is 1.35 bits per heavy atom. The highest BCUT2D eigenvalue weighted by Crippen LogP contribution is 2.41. The van der Waals surface area contributed by atoms with E-state index in [0.29, 0.717) is 33.4 Å². The lowest BCUT2D eigenvalue weighted by atomic mass is 9.31. The van der Waals surface area contributed by atoms with Crippen LogP contribution in [-0.4, -0.2) is 13.4 Å². The van der Waals surface area contributed by atoms with Gasteiger partial charge in [-0.3, -0.25) is 0 Å². The molecule has 10 heteroatoms. The largest absolute Gasteiger partial charge is 0.458 e. The number of hydrogen-bond donors (Lipinski definition) is 0. The minimum atomic E-state index is -1.14. The number of benzene rings is 5. The minimum Gasteiger partial charge on any atom is -0.458 e. The molecule has 0 amide bonds. The highest BCUT2D eigenvalue weighted by molar-refractivity contribution is 7.01. The number of fused-ring (bicyclic) bond motifs is 8. The lowest BCUT2D eigenvalue weighted by Gasteiger charge is -2.36. The number of halogens is 4. The summed E-state index contributed by atoms with van der Waals surface area (Å²) in [6.07, 6.45) is 0. The van der Waals surface area contributed by atoms with Gasteiger partial charge in [0.15, 0.2) is 23.1 Å². The molecule has 0 fully saturated rings. The van der Waals surface area contributed by atoms with Gasteiger partial charge in [-0.2, -0.15) is 8.78 Å². The molecule has 5 aromatic carbocycles. The maximum atomic E-state index is 15.1. The van der Waals surface area contributed by atoms with E-state index in [0.717, 1.165) is 23.1 Å². The normalized spacial score (nSPS) is 14.2. The lowest BCUT2D eigenvalue weighted by molar-refractivity contribution is 0.397. The van der Waals surface area contributed by atoms with E-state index in [2.05, 4.69) is 0 Å². The number of rotatable bonds is 0. The zero-order valence-electron chi connectivity index (χ0n) is 20.2. The van der Waals surface area contributed by atoms with Crippen molar-refractivity contribution in [3.63, 3.8) is 0 Å². The first-order chi connectivity index (χ1) is 19.5. The molecule has 4 heterocycles. The molecule has 0 aromatic heterocycles. The van der Waals surface area contributed by atoms with Gasteiger partial charge in [-0.25, -0.2) is 8.78 Å². The molecule has 0 spiro atoms. The number of ether oxygens (including phenoxy) is 4. The molecule has 190 valence electrons. The van der Waals surface area contributed by atoms with Crippen LogP contribution < -0.4 is 51.7 Å². The van der Waals surface area contributed by atoms with Gasteiger partial charge < -0.3 is 18.9 Å². The van der Waals surface area contributed by atoms with E-state index in [-0.39, 0.29) is 34.5 Å². The van der Waals surface area contributed by atoms with E-state index in [1.807, 2.05) is 30.3 Å². The molecular weight excluding hydrogens is 522 g/mol. The summed E-state index contributed by atoms with van der Waals surface area (Å²) in [5, 5.41) is 0. The first kappa shape index (κ1) is 22.0. The third-order valence-electron chi connectivity index (χ3n) is 8.02. The van der Waals surface area contributed by atoms with Crippen LogP contribution in [0.15, 0.2) is 72.8 Å². The number of hydrogen-bond acceptors (Lipinski definition) is 4. The predicted octanol–water partition coefficient (Wildman–Crippen LogP) is 3.70. The quantitative estimate of drug-likeness (QED) is 0.220. The van der Waals surface area contributed by atoms with E-state index in [4.69, 9.17) is 18.9 Å². The molecule has 0 atom stereocenters. The summed E-state index contributed by atoms with van der Waals surface area (Å²) in [7, 11) is 0. The Morgan fingerprint density at radius 2 is 0.875 bits per heavy atom. The van der Waals surface area contributed by atoms with E-state index in [1.54, 1.807) is 24.3 Å². The van der Waals surface area contributed by atoms with Gasteiger partial charge >= 0.3 is 0 Å². The van der Waals surface area contributed by atoms with E-state index < -0.39 is 36.7 Å². The van der Waals surface area contributed by atoms with Crippen molar-refractivity contribution in [1.82, 2.24) is 0 Å². The lowest BCUT2D eigenvalue weighted by Crippen LogP contribution is -2.61. The van der Waals surface area contributed by atoms with E-state index in [9.17, 15) is 8.78 Å². The third kappa shape index (κ3) is 2.68. The van der Waals surface area contributed by atoms with Crippen LogP contribution in [0.5, 0.6) is 46.0 Å². The summed E-state index contributed by atoms with van der Waals surface area (Å²) in [6, 6.07) is 20.0. The highest BCUT2D eigenvalue weighted by Gasteiger charge is 2.47. The van der Waals surface area contributed by atoms with Crippen LogP contribution in [0.4, 0.5) is 17.6 Å². The molecule has 4 aliphatic rings. The summed E-state index contributed by atoms with van der Waals surface area (Å²) < 4.78 is 83.4. The maximum absolute atomic E-state index is 15.1. The van der Waals surface area contributed by atoms with Crippen molar-refractivity contribution < 1.29 is 36.5 Å². The van der Waals surface area contributed by atoms with E-state index >= 15 is 8.78 Å². The first-order valence-corrected chi connectivity index (χ1v) is 12.6. The van der Waals surface area contributed by atoms with Gasteiger partial charge in [0.2, 0.25) is 11.6 Å². The molecule has 9 rings (SSSR count). The Hall–Kier alpha value is -4.85. The SMILES string of the molecule is Fc1cc2c3c(c1F)Oc1cc4c(cc1B3c1ccccc1O2)B1c2ccccc2Oc2cc(F)c(F)c(c21)O4. The van der Waals surface area contributed by atoms with Crippen LogP contribution in [0, 0.1) is 23.3 Å². The van der Waals surface area contributed by atoms with Crippen molar-refractivity contribution in [3.8, 4) is 46.0 Å². The van der Waals surface area contributed by atoms with Crippen LogP contribution in [0.25, 0.3) is 0 Å². The fourth-order valence-electron chi connectivity index (χ4n) is 6.37. The Labute approximate surface area is 224 Å². The molecule has 4 nitrogen and oxygen atoms in total. The molecule has 0 saturated heterocycles. The second-order valence-electron chi connectivity index (χ2n) is 10.1. The zero-order chi connectivity index (χ0) is 26.9. The first-order valence-electron chi connectivity index (χ1n) is 12.6. The monoisotopic (exact) mass is 534 g/mol. The fraction of sp³-hybridized carbons (Fsp3) is 0. The Morgan fingerprint density at radius 1 is 0.425 bits per heavy atom. The van der Waals surface area contributed by atoms with Crippen molar-refractivity contribution in [1.29, 1.82) is 0 Å². The summed E-state index contributed by atoms with van der Waals surface area (Å²) in [5.41, 5.74) is 3.62. The summed E-state index contributed by atoms with van der Waals surface area (Å²) in [5.74, 6) is -3.28. The van der Waals surface area contributed by atoms with Crippen LogP contribution >= 0.6 is 0 Å². The van der Waals surface area contributed by atoms with Gasteiger partial charge in [-0.05, 0) is 34.0 Å². The van der Waals surface area contributed by atoms with Crippen molar-refractivity contribution in [2.24, 2.45) is 0 Å².